The fourth-order valence-corrected chi connectivity index (χ4v) is 8.42. The van der Waals surface area contributed by atoms with Gasteiger partial charge in [0.25, 0.3) is 0 Å². The van der Waals surface area contributed by atoms with Crippen molar-refractivity contribution in [3.63, 3.8) is 0 Å². The van der Waals surface area contributed by atoms with Crippen molar-refractivity contribution in [1.29, 1.82) is 0 Å². The Labute approximate surface area is 292 Å². The zero-order chi connectivity index (χ0) is 33.4. The van der Waals surface area contributed by atoms with Crippen LogP contribution in [0.3, 0.4) is 0 Å². The molecule has 7 aromatic carbocycles. The number of aliphatic imine (C=N–C) groups is 1. The van der Waals surface area contributed by atoms with Crippen molar-refractivity contribution in [2.24, 2.45) is 4.99 Å². The van der Waals surface area contributed by atoms with E-state index in [1.54, 1.807) is 0 Å². The number of anilines is 1. The molecule has 50 heavy (non-hydrogen) atoms. The van der Waals surface area contributed by atoms with Crippen molar-refractivity contribution in [1.82, 2.24) is 4.57 Å². The molecule has 0 spiro atoms. The minimum Gasteiger partial charge on any atom is -0.360 e. The summed E-state index contributed by atoms with van der Waals surface area (Å²) in [5.41, 5.74) is 16.9. The fourth-order valence-electron chi connectivity index (χ4n) is 8.42. The van der Waals surface area contributed by atoms with E-state index in [2.05, 4.69) is 188 Å². The van der Waals surface area contributed by atoms with Gasteiger partial charge in [-0.05, 0) is 63.2 Å². The van der Waals surface area contributed by atoms with Gasteiger partial charge in [-0.3, -0.25) is 4.99 Å². The summed E-state index contributed by atoms with van der Waals surface area (Å²) in [5.74, 6) is 0. The lowest BCUT2D eigenvalue weighted by Crippen LogP contribution is -2.20. The van der Waals surface area contributed by atoms with Gasteiger partial charge in [0.05, 0.1) is 16.7 Å². The van der Waals surface area contributed by atoms with E-state index in [1.807, 2.05) is 0 Å². The highest BCUT2D eigenvalue weighted by Gasteiger charge is 2.38. The van der Waals surface area contributed by atoms with Crippen LogP contribution in [0.25, 0.3) is 49.7 Å². The van der Waals surface area contributed by atoms with Crippen molar-refractivity contribution in [3.05, 3.63) is 192 Å². The lowest BCUT2D eigenvalue weighted by molar-refractivity contribution is 0.664. The van der Waals surface area contributed by atoms with Crippen molar-refractivity contribution in [2.75, 3.05) is 5.32 Å². The highest BCUT2D eigenvalue weighted by atomic mass is 15.1. The molecule has 0 radical (unpaired) electrons. The van der Waals surface area contributed by atoms with Crippen LogP contribution in [-0.2, 0) is 5.41 Å². The van der Waals surface area contributed by atoms with E-state index in [-0.39, 0.29) is 11.6 Å². The molecule has 10 rings (SSSR count). The van der Waals surface area contributed by atoms with E-state index in [0.29, 0.717) is 0 Å². The molecule has 1 aliphatic carbocycles. The highest BCUT2D eigenvalue weighted by Crippen LogP contribution is 2.52. The zero-order valence-electron chi connectivity index (χ0n) is 28.1. The number of nitrogens with zero attached hydrogens (tertiary/aromatic N) is 2. The van der Waals surface area contributed by atoms with Gasteiger partial charge in [-0.2, -0.15) is 0 Å². The van der Waals surface area contributed by atoms with E-state index >= 15 is 0 Å². The molecule has 0 saturated heterocycles. The number of rotatable bonds is 4. The number of hydrogen-bond donors (Lipinski definition) is 1. The summed E-state index contributed by atoms with van der Waals surface area (Å²) >= 11 is 0. The molecule has 238 valence electrons. The number of fused-ring (bicyclic) bond motifs is 8. The summed E-state index contributed by atoms with van der Waals surface area (Å²) in [6, 6.07) is 59.2. The van der Waals surface area contributed by atoms with E-state index in [1.165, 1.54) is 55.2 Å². The maximum absolute atomic E-state index is 5.35. The van der Waals surface area contributed by atoms with E-state index in [4.69, 9.17) is 4.99 Å². The van der Waals surface area contributed by atoms with Crippen molar-refractivity contribution in [3.8, 4) is 27.9 Å². The first kappa shape index (κ1) is 28.8. The molecular weight excluding hydrogens is 607 g/mol. The molecule has 1 aromatic heterocycles. The van der Waals surface area contributed by atoms with Gasteiger partial charge in [0, 0.05) is 38.7 Å². The van der Waals surface area contributed by atoms with Crippen molar-refractivity contribution < 1.29 is 0 Å². The fraction of sp³-hybridized carbons (Fsp3) is 0.0851. The molecule has 0 amide bonds. The van der Waals surface area contributed by atoms with Crippen LogP contribution in [0.1, 0.15) is 47.8 Å². The third-order valence-corrected chi connectivity index (χ3v) is 10.8. The van der Waals surface area contributed by atoms with Crippen molar-refractivity contribution in [2.45, 2.75) is 25.4 Å². The Balaban J connectivity index is 1.08. The van der Waals surface area contributed by atoms with E-state index < -0.39 is 0 Å². The molecule has 8 aromatic rings. The van der Waals surface area contributed by atoms with Crippen LogP contribution in [0.4, 0.5) is 5.69 Å². The molecule has 1 aliphatic heterocycles. The predicted molar refractivity (Wildman–Crippen MR) is 209 cm³/mol. The third-order valence-electron chi connectivity index (χ3n) is 10.8. The first-order valence-corrected chi connectivity index (χ1v) is 17.4. The average molecular weight is 642 g/mol. The van der Waals surface area contributed by atoms with E-state index in [9.17, 15) is 0 Å². The maximum atomic E-state index is 5.35. The Morgan fingerprint density at radius 2 is 1.20 bits per heavy atom. The Hall–Kier alpha value is -6.19. The number of para-hydroxylation sites is 2. The maximum Gasteiger partial charge on any atom is 0.145 e. The zero-order valence-corrected chi connectivity index (χ0v) is 28.1. The first-order valence-electron chi connectivity index (χ1n) is 17.4. The topological polar surface area (TPSA) is 29.3 Å². The normalized spacial score (nSPS) is 15.6. The molecular formula is C47H35N3. The first-order chi connectivity index (χ1) is 24.6. The van der Waals surface area contributed by atoms with Gasteiger partial charge in [0.15, 0.2) is 0 Å². The summed E-state index contributed by atoms with van der Waals surface area (Å²) < 4.78 is 2.48. The van der Waals surface area contributed by atoms with Gasteiger partial charge in [0.2, 0.25) is 0 Å². The Morgan fingerprint density at radius 1 is 0.540 bits per heavy atom. The molecule has 1 N–H and O–H groups in total. The largest absolute Gasteiger partial charge is 0.360 e. The molecule has 0 saturated carbocycles. The Bertz CT molecular complexity index is 2620. The van der Waals surface area contributed by atoms with Crippen molar-refractivity contribution >= 4 is 33.2 Å². The average Bonchev–Trinajstić information content (AvgIpc) is 3.63. The smallest absolute Gasteiger partial charge is 0.145 e. The number of benzene rings is 7. The van der Waals surface area contributed by atoms with Crippen LogP contribution in [0.5, 0.6) is 0 Å². The lowest BCUT2D eigenvalue weighted by Gasteiger charge is -2.26. The lowest BCUT2D eigenvalue weighted by atomic mass is 9.81. The minimum atomic E-state index is -0.210. The SMILES string of the molecule is CC1(C)c2ccccc2-c2ccc3c4ccccc4n(-c4ccc(C5N=C(c6ccc(-c7ccccc7)cc6)c6ccccc6N5)cc4)c3c21. The molecule has 1 unspecified atom stereocenters. The van der Waals surface area contributed by atoms with Crippen LogP contribution >= 0.6 is 0 Å². The second kappa shape index (κ2) is 10.9. The monoisotopic (exact) mass is 641 g/mol. The standard InChI is InChI=1S/C47H35N3/c1-47(2)40-17-9-6-14-35(40)37-28-29-38-36-15-8-11-19-42(36)50(45(38)43(37)47)34-26-24-33(25-27-34)46-48-41-18-10-7-16-39(41)44(49-46)32-22-20-31(21-23-32)30-12-4-3-5-13-30/h3-29,46,48H,1-2H3. The summed E-state index contributed by atoms with van der Waals surface area (Å²) in [4.78, 5) is 5.35. The second-order valence-electron chi connectivity index (χ2n) is 14.0. The third kappa shape index (κ3) is 4.26. The Morgan fingerprint density at radius 3 is 2.02 bits per heavy atom. The minimum absolute atomic E-state index is 0.124. The summed E-state index contributed by atoms with van der Waals surface area (Å²) in [7, 11) is 0. The molecule has 0 fully saturated rings. The van der Waals surface area contributed by atoms with Crippen LogP contribution in [0.2, 0.25) is 0 Å². The van der Waals surface area contributed by atoms with Gasteiger partial charge in [0.1, 0.15) is 6.17 Å². The highest BCUT2D eigenvalue weighted by molar-refractivity contribution is 6.17. The molecule has 2 heterocycles. The van der Waals surface area contributed by atoms with Gasteiger partial charge >= 0.3 is 0 Å². The summed E-state index contributed by atoms with van der Waals surface area (Å²) in [6.07, 6.45) is -0.210. The predicted octanol–water partition coefficient (Wildman–Crippen LogP) is 11.7. The molecule has 3 nitrogen and oxygen atoms in total. The van der Waals surface area contributed by atoms with Gasteiger partial charge < -0.3 is 9.88 Å². The number of nitrogens with one attached hydrogen (secondary N) is 1. The molecule has 3 heteroatoms. The molecule has 0 bridgehead atoms. The van der Waals surface area contributed by atoms with Gasteiger partial charge in [-0.1, -0.05) is 153 Å². The van der Waals surface area contributed by atoms with Crippen LogP contribution in [-0.4, -0.2) is 10.3 Å². The number of hydrogen-bond acceptors (Lipinski definition) is 2. The Kier molecular flexibility index (Phi) is 6.28. The summed E-state index contributed by atoms with van der Waals surface area (Å²) in [6.45, 7) is 4.75. The van der Waals surface area contributed by atoms with Crippen LogP contribution in [0.15, 0.2) is 169 Å². The summed E-state index contributed by atoms with van der Waals surface area (Å²) in [5, 5.41) is 6.30. The van der Waals surface area contributed by atoms with Crippen LogP contribution in [0, 0.1) is 0 Å². The van der Waals surface area contributed by atoms with E-state index in [0.717, 1.165) is 33.8 Å². The quantitative estimate of drug-likeness (QED) is 0.204. The second-order valence-corrected chi connectivity index (χ2v) is 14.0. The van der Waals surface area contributed by atoms with Gasteiger partial charge in [-0.15, -0.1) is 0 Å². The molecule has 1 atom stereocenters. The van der Waals surface area contributed by atoms with Gasteiger partial charge in [-0.25, -0.2) is 0 Å². The number of aromatic nitrogens is 1. The molecule has 2 aliphatic rings. The van der Waals surface area contributed by atoms with Crippen LogP contribution < -0.4 is 5.32 Å².